The summed E-state index contributed by atoms with van der Waals surface area (Å²) in [6.07, 6.45) is -1.44. The van der Waals surface area contributed by atoms with Crippen molar-refractivity contribution in [2.45, 2.75) is 26.4 Å². The molecule has 3 aromatic heterocycles. The number of carbonyl (C=O) groups is 1. The van der Waals surface area contributed by atoms with Crippen LogP contribution >= 0.6 is 0 Å². The predicted molar refractivity (Wildman–Crippen MR) is 86.5 cm³/mol. The van der Waals surface area contributed by atoms with Gasteiger partial charge in [-0.05, 0) is 37.1 Å². The quantitative estimate of drug-likeness (QED) is 0.782. The number of rotatable bonds is 3. The number of hydrogen-bond acceptors (Lipinski definition) is 3. The molecular weight excluding hydrogens is 333 g/mol. The number of halogens is 3. The molecule has 0 aromatic carbocycles. The number of nitrogens with one attached hydrogen (secondary N) is 1. The second kappa shape index (κ2) is 6.19. The molecule has 0 aliphatic heterocycles. The summed E-state index contributed by atoms with van der Waals surface area (Å²) in [7, 11) is 0. The van der Waals surface area contributed by atoms with E-state index in [1.807, 2.05) is 26.0 Å². The lowest BCUT2D eigenvalue weighted by Gasteiger charge is -2.09. The predicted octanol–water partition coefficient (Wildman–Crippen LogP) is 3.87. The molecule has 0 fully saturated rings. The third kappa shape index (κ3) is 3.33. The maximum atomic E-state index is 12.6. The first-order chi connectivity index (χ1) is 11.8. The van der Waals surface area contributed by atoms with Gasteiger partial charge in [-0.15, -0.1) is 0 Å². The van der Waals surface area contributed by atoms with Gasteiger partial charge >= 0.3 is 6.18 Å². The molecule has 130 valence electrons. The minimum atomic E-state index is -4.47. The van der Waals surface area contributed by atoms with Crippen LogP contribution in [0.5, 0.6) is 0 Å². The third-order valence-corrected chi connectivity index (χ3v) is 3.72. The molecule has 0 saturated heterocycles. The molecular formula is C17H15F3N4O. The van der Waals surface area contributed by atoms with Gasteiger partial charge in [-0.25, -0.2) is 9.97 Å². The number of hydrogen-bond donors (Lipinski definition) is 1. The number of nitrogens with zero attached hydrogens (tertiary/aromatic N) is 3. The summed E-state index contributed by atoms with van der Waals surface area (Å²) in [5.41, 5.74) is 1.67. The van der Waals surface area contributed by atoms with Crippen LogP contribution < -0.4 is 5.32 Å². The minimum absolute atomic E-state index is 0.0441. The van der Waals surface area contributed by atoms with Crippen LogP contribution in [0.3, 0.4) is 0 Å². The number of aromatic nitrogens is 3. The smallest absolute Gasteiger partial charge is 0.305 e. The summed E-state index contributed by atoms with van der Waals surface area (Å²) in [5, 5.41) is 2.53. The Morgan fingerprint density at radius 3 is 2.60 bits per heavy atom. The maximum absolute atomic E-state index is 12.6. The lowest BCUT2D eigenvalue weighted by molar-refractivity contribution is -0.137. The van der Waals surface area contributed by atoms with Crippen LogP contribution in [0.25, 0.3) is 5.65 Å². The maximum Gasteiger partial charge on any atom is 0.417 e. The largest absolute Gasteiger partial charge is 0.417 e. The average molecular weight is 348 g/mol. The van der Waals surface area contributed by atoms with Crippen LogP contribution in [0.4, 0.5) is 19.0 Å². The molecule has 25 heavy (non-hydrogen) atoms. The number of imidazole rings is 1. The summed E-state index contributed by atoms with van der Waals surface area (Å²) in [6, 6.07) is 5.70. The normalized spacial score (nSPS) is 11.7. The van der Waals surface area contributed by atoms with Gasteiger partial charge in [0.2, 0.25) is 0 Å². The van der Waals surface area contributed by atoms with Crippen LogP contribution in [0.2, 0.25) is 0 Å². The van der Waals surface area contributed by atoms with Crippen molar-refractivity contribution in [3.63, 3.8) is 0 Å². The fourth-order valence-electron chi connectivity index (χ4n) is 2.50. The summed E-state index contributed by atoms with van der Waals surface area (Å²) < 4.78 is 39.4. The van der Waals surface area contributed by atoms with Gasteiger partial charge in [-0.3, -0.25) is 9.20 Å². The lowest BCUT2D eigenvalue weighted by Crippen LogP contribution is -2.17. The van der Waals surface area contributed by atoms with Crippen molar-refractivity contribution in [3.05, 3.63) is 59.2 Å². The van der Waals surface area contributed by atoms with E-state index in [2.05, 4.69) is 15.3 Å². The van der Waals surface area contributed by atoms with Gasteiger partial charge in [-0.2, -0.15) is 13.2 Å². The van der Waals surface area contributed by atoms with E-state index >= 15 is 0 Å². The van der Waals surface area contributed by atoms with E-state index in [0.29, 0.717) is 29.7 Å². The van der Waals surface area contributed by atoms with E-state index in [4.69, 9.17) is 0 Å². The average Bonchev–Trinajstić information content (AvgIpc) is 2.92. The topological polar surface area (TPSA) is 59.3 Å². The van der Waals surface area contributed by atoms with E-state index < -0.39 is 17.6 Å². The zero-order valence-electron chi connectivity index (χ0n) is 13.6. The second-order valence-corrected chi connectivity index (χ2v) is 5.58. The molecule has 0 aliphatic rings. The Hall–Kier alpha value is -2.90. The number of alkyl halides is 3. The first-order valence-electron chi connectivity index (χ1n) is 7.61. The van der Waals surface area contributed by atoms with E-state index in [9.17, 15) is 18.0 Å². The Bertz CT molecular complexity index is 929. The van der Waals surface area contributed by atoms with Gasteiger partial charge in [0.15, 0.2) is 0 Å². The van der Waals surface area contributed by atoms with Gasteiger partial charge in [-0.1, -0.05) is 13.0 Å². The monoisotopic (exact) mass is 348 g/mol. The van der Waals surface area contributed by atoms with E-state index in [-0.39, 0.29) is 5.82 Å². The van der Waals surface area contributed by atoms with E-state index in [1.165, 1.54) is 0 Å². The summed E-state index contributed by atoms with van der Waals surface area (Å²) >= 11 is 0. The van der Waals surface area contributed by atoms with Crippen LogP contribution in [-0.2, 0) is 12.6 Å². The Balaban J connectivity index is 1.93. The van der Waals surface area contributed by atoms with Gasteiger partial charge in [0.1, 0.15) is 17.2 Å². The lowest BCUT2D eigenvalue weighted by atomic mass is 10.2. The molecule has 0 atom stereocenters. The van der Waals surface area contributed by atoms with Gasteiger partial charge < -0.3 is 5.32 Å². The SMILES string of the molecule is CCc1nc2ccc(C)cn2c1C(=O)Nc1ccc(C(F)(F)F)cn1. The third-order valence-electron chi connectivity index (χ3n) is 3.72. The van der Waals surface area contributed by atoms with E-state index in [1.54, 1.807) is 10.6 Å². The van der Waals surface area contributed by atoms with Crippen molar-refractivity contribution in [3.8, 4) is 0 Å². The molecule has 1 N–H and O–H groups in total. The molecule has 0 saturated carbocycles. The van der Waals surface area contributed by atoms with Crippen molar-refractivity contribution in [2.24, 2.45) is 0 Å². The highest BCUT2D eigenvalue weighted by Gasteiger charge is 2.30. The second-order valence-electron chi connectivity index (χ2n) is 5.58. The highest BCUT2D eigenvalue weighted by atomic mass is 19.4. The number of anilines is 1. The fourth-order valence-corrected chi connectivity index (χ4v) is 2.50. The molecule has 0 aliphatic carbocycles. The van der Waals surface area contributed by atoms with Gasteiger partial charge in [0.25, 0.3) is 5.91 Å². The van der Waals surface area contributed by atoms with Gasteiger partial charge in [0.05, 0.1) is 11.3 Å². The number of aryl methyl sites for hydroxylation is 2. The summed E-state index contributed by atoms with van der Waals surface area (Å²) in [5.74, 6) is -0.426. The van der Waals surface area contributed by atoms with Crippen molar-refractivity contribution >= 4 is 17.4 Å². The Morgan fingerprint density at radius 2 is 2.00 bits per heavy atom. The number of fused-ring (bicyclic) bond motifs is 1. The van der Waals surface area contributed by atoms with Crippen LogP contribution in [0.15, 0.2) is 36.7 Å². The molecule has 1 amide bonds. The molecule has 3 aromatic rings. The van der Waals surface area contributed by atoms with Gasteiger partial charge in [0, 0.05) is 12.4 Å². The van der Waals surface area contributed by atoms with Crippen molar-refractivity contribution in [2.75, 3.05) is 5.32 Å². The molecule has 0 unspecified atom stereocenters. The zero-order chi connectivity index (χ0) is 18.2. The van der Waals surface area contributed by atoms with Crippen LogP contribution in [0, 0.1) is 6.92 Å². The van der Waals surface area contributed by atoms with Crippen LogP contribution in [0.1, 0.15) is 34.2 Å². The fraction of sp³-hybridized carbons (Fsp3) is 0.235. The Labute approximate surface area is 141 Å². The van der Waals surface area contributed by atoms with Crippen molar-refractivity contribution < 1.29 is 18.0 Å². The van der Waals surface area contributed by atoms with Crippen molar-refractivity contribution in [1.29, 1.82) is 0 Å². The minimum Gasteiger partial charge on any atom is -0.305 e. The number of pyridine rings is 2. The molecule has 3 rings (SSSR count). The molecule has 0 spiro atoms. The standard InChI is InChI=1S/C17H15F3N4O/c1-3-12-15(24-9-10(2)4-7-14(24)22-12)16(25)23-13-6-5-11(8-21-13)17(18,19)20/h4-9H,3H2,1-2H3,(H,21,23,25). The zero-order valence-corrected chi connectivity index (χ0v) is 13.6. The summed E-state index contributed by atoms with van der Waals surface area (Å²) in [6.45, 7) is 3.77. The highest BCUT2D eigenvalue weighted by Crippen LogP contribution is 2.29. The Morgan fingerprint density at radius 1 is 1.24 bits per heavy atom. The molecule has 0 radical (unpaired) electrons. The number of amides is 1. The first kappa shape index (κ1) is 16.9. The Kier molecular flexibility index (Phi) is 4.20. The molecule has 0 bridgehead atoms. The van der Waals surface area contributed by atoms with Crippen molar-refractivity contribution in [1.82, 2.24) is 14.4 Å². The highest BCUT2D eigenvalue weighted by molar-refractivity contribution is 6.04. The summed E-state index contributed by atoms with van der Waals surface area (Å²) in [4.78, 5) is 20.7. The number of carbonyl (C=O) groups excluding carboxylic acids is 1. The van der Waals surface area contributed by atoms with Crippen LogP contribution in [-0.4, -0.2) is 20.3 Å². The molecule has 8 heteroatoms. The molecule has 5 nitrogen and oxygen atoms in total. The molecule has 3 heterocycles. The first-order valence-corrected chi connectivity index (χ1v) is 7.61. The van der Waals surface area contributed by atoms with E-state index in [0.717, 1.165) is 17.7 Å².